The van der Waals surface area contributed by atoms with E-state index < -0.39 is 77.0 Å². The van der Waals surface area contributed by atoms with E-state index in [1.54, 1.807) is 0 Å². The number of nitrogen functional groups attached to an aromatic ring is 1. The third-order valence-corrected chi connectivity index (χ3v) is 5.43. The fraction of sp³-hybridized carbons (Fsp3) is 0.421. The number of aliphatic hydroxyl groups is 3. The van der Waals surface area contributed by atoms with Crippen LogP contribution in [0.1, 0.15) is 22.9 Å². The number of halogens is 7. The Balaban J connectivity index is 0.000000810. The molecule has 14 nitrogen and oxygen atoms in total. The van der Waals surface area contributed by atoms with E-state index in [0.717, 1.165) is 11.1 Å². The largest absolute Gasteiger partial charge is 0.416 e. The number of hydrogen-bond acceptors (Lipinski definition) is 12. The van der Waals surface area contributed by atoms with E-state index in [4.69, 9.17) is 33.9 Å². The highest BCUT2D eigenvalue weighted by Gasteiger charge is 2.44. The number of nitrogens with two attached hydrogens (primary N) is 1. The van der Waals surface area contributed by atoms with Crippen LogP contribution >= 0.6 is 0 Å². The highest BCUT2D eigenvalue weighted by Crippen LogP contribution is 2.37. The van der Waals surface area contributed by atoms with Crippen LogP contribution in [0.2, 0.25) is 0 Å². The third-order valence-electron chi connectivity index (χ3n) is 5.43. The zero-order chi connectivity index (χ0) is 30.2. The fourth-order valence-corrected chi connectivity index (χ4v) is 3.62. The summed E-state index contributed by atoms with van der Waals surface area (Å²) in [5.74, 6) is -0.221. The second kappa shape index (κ2) is 11.4. The second-order valence-electron chi connectivity index (χ2n) is 8.03. The molecule has 21 heteroatoms. The van der Waals surface area contributed by atoms with Crippen LogP contribution < -0.4 is 33.9 Å². The van der Waals surface area contributed by atoms with Crippen LogP contribution in [-0.2, 0) is 23.7 Å². The van der Waals surface area contributed by atoms with Crippen molar-refractivity contribution < 1.29 is 84.8 Å². The summed E-state index contributed by atoms with van der Waals surface area (Å²) in [6.07, 6.45) is -12.9. The lowest BCUT2D eigenvalue weighted by molar-refractivity contribution is -2.00. The molecular formula is C19H18ClF6N5O9. The minimum Gasteiger partial charge on any atom is -0.394 e. The molecule has 3 aromatic rings. The van der Waals surface area contributed by atoms with Gasteiger partial charge in [0.15, 0.2) is 12.8 Å². The van der Waals surface area contributed by atoms with Crippen molar-refractivity contribution in [3.8, 4) is 0 Å². The minimum atomic E-state index is -5.07. The lowest BCUT2D eigenvalue weighted by atomic mass is 10.0. The van der Waals surface area contributed by atoms with Gasteiger partial charge in [-0.05, 0) is 12.1 Å². The number of rotatable bonds is 5. The molecule has 2 aromatic heterocycles. The van der Waals surface area contributed by atoms with Gasteiger partial charge in [0.05, 0.1) is 17.7 Å². The van der Waals surface area contributed by atoms with E-state index in [9.17, 15) is 41.7 Å². The third kappa shape index (κ3) is 7.16. The van der Waals surface area contributed by atoms with Gasteiger partial charge in [-0.2, -0.15) is 26.3 Å². The zero-order valence-electron chi connectivity index (χ0n) is 19.4. The molecule has 0 bridgehead atoms. The molecule has 0 saturated carbocycles. The Bertz CT molecular complexity index is 1330. The molecule has 40 heavy (non-hydrogen) atoms. The molecule has 3 heterocycles. The molecule has 1 saturated heterocycles. The molecule has 5 N–H and O–H groups in total. The molecule has 1 aliphatic rings. The second-order valence-corrected chi connectivity index (χ2v) is 8.78. The lowest BCUT2D eigenvalue weighted by Gasteiger charge is -2.17. The number of anilines is 1. The summed E-state index contributed by atoms with van der Waals surface area (Å²) in [6.45, 7) is -1.36. The Kier molecular flexibility index (Phi) is 8.98. The maximum atomic E-state index is 13.3. The summed E-state index contributed by atoms with van der Waals surface area (Å²) in [6, 6.07) is 1.16. The predicted octanol–water partition coefficient (Wildman–Crippen LogP) is -4.18. The lowest BCUT2D eigenvalue weighted by Crippen LogP contribution is -2.68. The molecule has 0 spiro atoms. The number of aliphatic hydroxyl groups excluding tert-OH is 3. The van der Waals surface area contributed by atoms with Crippen molar-refractivity contribution in [1.82, 2.24) is 14.5 Å². The van der Waals surface area contributed by atoms with E-state index in [1.165, 1.54) is 10.9 Å². The van der Waals surface area contributed by atoms with Crippen LogP contribution in [0.3, 0.4) is 0 Å². The predicted molar refractivity (Wildman–Crippen MR) is 102 cm³/mol. The van der Waals surface area contributed by atoms with Gasteiger partial charge in [-0.15, -0.1) is 10.2 Å². The summed E-state index contributed by atoms with van der Waals surface area (Å²) in [5, 5.41) is 29.4. The fourth-order valence-electron chi connectivity index (χ4n) is 3.62. The molecule has 1 fully saturated rings. The molecule has 0 unspecified atom stereocenters. The first-order valence-electron chi connectivity index (χ1n) is 10.5. The maximum Gasteiger partial charge on any atom is 0.416 e. The monoisotopic (exact) mass is 609 g/mol. The van der Waals surface area contributed by atoms with Gasteiger partial charge in [-0.25, -0.2) is 23.6 Å². The van der Waals surface area contributed by atoms with Gasteiger partial charge in [0.2, 0.25) is 11.2 Å². The average Bonchev–Trinajstić information content (AvgIpc) is 3.37. The topological polar surface area (TPSA) is 232 Å². The summed E-state index contributed by atoms with van der Waals surface area (Å²) < 4.78 is 120. The smallest absolute Gasteiger partial charge is 0.394 e. The Labute approximate surface area is 220 Å². The van der Waals surface area contributed by atoms with Crippen LogP contribution in [0.4, 0.5) is 32.2 Å². The van der Waals surface area contributed by atoms with Crippen LogP contribution in [0.25, 0.3) is 11.2 Å². The Morgan fingerprint density at radius 1 is 1.05 bits per heavy atom. The molecule has 1 aromatic carbocycles. The van der Waals surface area contributed by atoms with E-state index >= 15 is 0 Å². The molecular weight excluding hydrogens is 592 g/mol. The SMILES string of the molecule is Nc1c2ncn([C@@H]3O[C@H](CO)[C@@H](O)[C@H]3O)c2nc[n+]1OCc1ccc(C(F)(F)F)cc1C(F)(F)F.[O-][Cl+3]([O-])([O-])[O-]. The van der Waals surface area contributed by atoms with Crippen LogP contribution in [-0.4, -0.2) is 54.8 Å². The Morgan fingerprint density at radius 2 is 1.68 bits per heavy atom. The highest BCUT2D eigenvalue weighted by molar-refractivity contribution is 5.79. The summed E-state index contributed by atoms with van der Waals surface area (Å²) in [4.78, 5) is 13.3. The van der Waals surface area contributed by atoms with E-state index in [0.29, 0.717) is 12.1 Å². The van der Waals surface area contributed by atoms with Gasteiger partial charge in [-0.1, -0.05) is 15.8 Å². The van der Waals surface area contributed by atoms with Crippen molar-refractivity contribution in [2.24, 2.45) is 0 Å². The van der Waals surface area contributed by atoms with Crippen molar-refractivity contribution in [3.63, 3.8) is 0 Å². The first kappa shape index (κ1) is 31.4. The van der Waals surface area contributed by atoms with Gasteiger partial charge in [0.1, 0.15) is 24.6 Å². The Morgan fingerprint density at radius 3 is 2.20 bits per heavy atom. The van der Waals surface area contributed by atoms with E-state index in [1.807, 2.05) is 0 Å². The normalized spacial score (nSPS) is 21.8. The summed E-state index contributed by atoms with van der Waals surface area (Å²) in [5.41, 5.74) is 2.47. The van der Waals surface area contributed by atoms with Crippen LogP contribution in [0.5, 0.6) is 0 Å². The van der Waals surface area contributed by atoms with Gasteiger partial charge in [-0.3, -0.25) is 4.57 Å². The first-order chi connectivity index (χ1) is 18.3. The number of hydrogen-bond donors (Lipinski definition) is 4. The molecule has 4 rings (SSSR count). The number of aromatic nitrogens is 4. The van der Waals surface area contributed by atoms with Crippen LogP contribution in [0.15, 0.2) is 30.9 Å². The van der Waals surface area contributed by atoms with Crippen molar-refractivity contribution in [2.75, 3.05) is 12.3 Å². The highest BCUT2D eigenvalue weighted by atomic mass is 35.7. The molecule has 1 aliphatic heterocycles. The van der Waals surface area contributed by atoms with Crippen molar-refractivity contribution >= 4 is 17.0 Å². The summed E-state index contributed by atoms with van der Waals surface area (Å²) in [7, 11) is -4.94. The first-order valence-corrected chi connectivity index (χ1v) is 11.7. The summed E-state index contributed by atoms with van der Waals surface area (Å²) >= 11 is 0. The maximum absolute atomic E-state index is 13.3. The number of alkyl halides is 6. The molecule has 0 amide bonds. The van der Waals surface area contributed by atoms with Gasteiger partial charge < -0.3 is 30.6 Å². The average molecular weight is 610 g/mol. The molecule has 4 atom stereocenters. The zero-order valence-corrected chi connectivity index (χ0v) is 20.2. The quantitative estimate of drug-likeness (QED) is 0.159. The van der Waals surface area contributed by atoms with E-state index in [-0.39, 0.29) is 23.0 Å². The van der Waals surface area contributed by atoms with Crippen molar-refractivity contribution in [2.45, 2.75) is 43.5 Å². The molecule has 222 valence electrons. The van der Waals surface area contributed by atoms with E-state index in [2.05, 4.69) is 9.97 Å². The molecule has 0 radical (unpaired) electrons. The Hall–Kier alpha value is -3.08. The van der Waals surface area contributed by atoms with Crippen molar-refractivity contribution in [3.05, 3.63) is 47.5 Å². The molecule has 0 aliphatic carbocycles. The van der Waals surface area contributed by atoms with Gasteiger partial charge in [0, 0.05) is 5.56 Å². The number of imidazole rings is 1. The number of ether oxygens (including phenoxy) is 1. The van der Waals surface area contributed by atoms with Gasteiger partial charge >= 0.3 is 12.4 Å². The standard InChI is InChI=1S/C19H17F6N5O5.ClHO4/c20-18(21,22)9-2-1-8(10(3-9)19(23,24)25)5-34-30-7-28-16-12(15(30)26)27-6-29(16)17-14(33)13(32)11(4-31)35-17;2-1(3,4)5/h1-3,6-7,11,13-14,17,26,31-33H,4-5H2;(H,2,3,4,5)/t11-,13-,14-,17-;/m1./s1. The van der Waals surface area contributed by atoms with Gasteiger partial charge in [0.25, 0.3) is 12.1 Å². The minimum absolute atomic E-state index is 0.00317. The van der Waals surface area contributed by atoms with Crippen LogP contribution in [0, 0.1) is 10.2 Å². The van der Waals surface area contributed by atoms with Crippen molar-refractivity contribution in [1.29, 1.82) is 0 Å². The number of fused-ring (bicyclic) bond motifs is 1. The number of nitrogens with zero attached hydrogens (tertiary/aromatic N) is 4. The number of benzene rings is 1.